The first kappa shape index (κ1) is 21.7. The second-order valence-electron chi connectivity index (χ2n) is 11.0. The van der Waals surface area contributed by atoms with E-state index < -0.39 is 0 Å². The summed E-state index contributed by atoms with van der Waals surface area (Å²) in [4.78, 5) is 0. The maximum absolute atomic E-state index is 9.25. The highest BCUT2D eigenvalue weighted by atomic mass is 16.2. The van der Waals surface area contributed by atoms with Crippen molar-refractivity contribution >= 4 is 0 Å². The number of hydrogen-bond donors (Lipinski definition) is 1. The average Bonchev–Trinajstić information content (AvgIpc) is 3.04. The van der Waals surface area contributed by atoms with E-state index in [0.717, 1.165) is 41.9 Å². The Hall–Kier alpha value is -0.0400. The maximum atomic E-state index is 9.25. The van der Waals surface area contributed by atoms with Crippen molar-refractivity contribution in [2.75, 3.05) is 6.61 Å². The van der Waals surface area contributed by atoms with Gasteiger partial charge in [-0.15, -0.1) is 0 Å². The van der Waals surface area contributed by atoms with Gasteiger partial charge in [-0.1, -0.05) is 47.5 Å². The summed E-state index contributed by atoms with van der Waals surface area (Å²) >= 11 is 0. The van der Waals surface area contributed by atoms with Gasteiger partial charge in [0.15, 0.2) is 0 Å². The molecule has 1 heteroatoms. The third-order valence-electron chi connectivity index (χ3n) is 10.2. The summed E-state index contributed by atoms with van der Waals surface area (Å²) in [7, 11) is 0. The summed E-state index contributed by atoms with van der Waals surface area (Å²) in [5.41, 5.74) is 1.29. The number of fused-ring (bicyclic) bond motifs is 5. The number of aliphatic hydroxyl groups is 1. The van der Waals surface area contributed by atoms with Crippen molar-refractivity contribution in [1.29, 1.82) is 0 Å². The summed E-state index contributed by atoms with van der Waals surface area (Å²) < 4.78 is 0. The van der Waals surface area contributed by atoms with Crippen LogP contribution in [0.15, 0.2) is 0 Å². The van der Waals surface area contributed by atoms with Crippen molar-refractivity contribution in [2.24, 2.45) is 46.3 Å². The minimum atomic E-state index is 0.377. The fourth-order valence-electron chi connectivity index (χ4n) is 8.88. The van der Waals surface area contributed by atoms with Crippen molar-refractivity contribution in [3.8, 4) is 0 Å². The van der Waals surface area contributed by atoms with Crippen LogP contribution in [0.3, 0.4) is 0 Å². The quantitative estimate of drug-likeness (QED) is 0.539. The van der Waals surface area contributed by atoms with Crippen LogP contribution >= 0.6 is 0 Å². The predicted octanol–water partition coefficient (Wildman–Crippen LogP) is 7.47. The molecule has 0 aromatic heterocycles. The van der Waals surface area contributed by atoms with Gasteiger partial charge in [0, 0.05) is 6.61 Å². The molecule has 8 atom stereocenters. The Bertz CT molecular complexity index is 473. The Morgan fingerprint density at radius 1 is 0.852 bits per heavy atom. The first-order valence-corrected chi connectivity index (χ1v) is 12.6. The van der Waals surface area contributed by atoms with Crippen LogP contribution in [0.25, 0.3) is 0 Å². The van der Waals surface area contributed by atoms with Gasteiger partial charge in [0.25, 0.3) is 0 Å². The molecule has 4 aliphatic rings. The van der Waals surface area contributed by atoms with Gasteiger partial charge in [-0.05, 0) is 111 Å². The van der Waals surface area contributed by atoms with E-state index in [9.17, 15) is 5.11 Å². The predicted molar refractivity (Wildman–Crippen MR) is 117 cm³/mol. The number of rotatable bonds is 4. The molecular formula is C26H48O. The molecule has 4 fully saturated rings. The zero-order chi connectivity index (χ0) is 19.7. The second-order valence-corrected chi connectivity index (χ2v) is 11.0. The molecule has 0 bridgehead atoms. The Morgan fingerprint density at radius 3 is 2.33 bits per heavy atom. The molecule has 8 unspecified atom stereocenters. The molecule has 4 saturated carbocycles. The summed E-state index contributed by atoms with van der Waals surface area (Å²) in [6.45, 7) is 12.2. The van der Waals surface area contributed by atoms with Gasteiger partial charge in [-0.25, -0.2) is 0 Å². The molecule has 0 heterocycles. The SMILES string of the molecule is CC.CC(CCCO)C1CCC2C3CCC4CCCCC4(C)C3CCC12C. The molecule has 158 valence electrons. The smallest absolute Gasteiger partial charge is 0.0431 e. The molecule has 0 saturated heterocycles. The minimum absolute atomic E-state index is 0.377. The van der Waals surface area contributed by atoms with E-state index in [1.807, 2.05) is 13.8 Å². The normalized spacial score (nSPS) is 47.1. The van der Waals surface area contributed by atoms with Crippen LogP contribution in [0.5, 0.6) is 0 Å². The molecule has 0 amide bonds. The zero-order valence-corrected chi connectivity index (χ0v) is 19.1. The molecule has 4 rings (SSSR count). The maximum Gasteiger partial charge on any atom is 0.0431 e. The second kappa shape index (κ2) is 8.76. The van der Waals surface area contributed by atoms with E-state index in [2.05, 4.69) is 20.8 Å². The van der Waals surface area contributed by atoms with Gasteiger partial charge in [-0.2, -0.15) is 0 Å². The van der Waals surface area contributed by atoms with Gasteiger partial charge < -0.3 is 5.11 Å². The van der Waals surface area contributed by atoms with Gasteiger partial charge in [-0.3, -0.25) is 0 Å². The van der Waals surface area contributed by atoms with Crippen LogP contribution in [0, 0.1) is 46.3 Å². The summed E-state index contributed by atoms with van der Waals surface area (Å²) in [5, 5.41) is 9.25. The van der Waals surface area contributed by atoms with Crippen molar-refractivity contribution in [2.45, 2.75) is 112 Å². The lowest BCUT2D eigenvalue weighted by molar-refractivity contribution is -0.114. The van der Waals surface area contributed by atoms with E-state index >= 15 is 0 Å². The van der Waals surface area contributed by atoms with Crippen molar-refractivity contribution in [3.63, 3.8) is 0 Å². The minimum Gasteiger partial charge on any atom is -0.396 e. The van der Waals surface area contributed by atoms with E-state index in [-0.39, 0.29) is 0 Å². The summed E-state index contributed by atoms with van der Waals surface area (Å²) in [6.07, 6.45) is 17.4. The van der Waals surface area contributed by atoms with Crippen LogP contribution in [0.4, 0.5) is 0 Å². The lowest BCUT2D eigenvalue weighted by atomic mass is 9.44. The first-order valence-electron chi connectivity index (χ1n) is 12.6. The monoisotopic (exact) mass is 376 g/mol. The van der Waals surface area contributed by atoms with Crippen LogP contribution in [-0.2, 0) is 0 Å². The zero-order valence-electron chi connectivity index (χ0n) is 19.1. The van der Waals surface area contributed by atoms with E-state index in [1.165, 1.54) is 64.2 Å². The highest BCUT2D eigenvalue weighted by molar-refractivity contribution is 5.09. The fourth-order valence-corrected chi connectivity index (χ4v) is 8.88. The molecule has 0 aromatic carbocycles. The topological polar surface area (TPSA) is 20.2 Å². The molecule has 4 aliphatic carbocycles. The van der Waals surface area contributed by atoms with Gasteiger partial charge in [0.2, 0.25) is 0 Å². The molecule has 0 spiro atoms. The standard InChI is InChI=1S/C24H42O.C2H6/c1-17(7-6-16-25)20-11-12-21-19-10-9-18-8-4-5-14-23(18,2)22(19)13-15-24(20,21)3;1-2/h17-22,25H,4-16H2,1-3H3;1-2H3. The Kier molecular flexibility index (Phi) is 7.03. The molecule has 0 aliphatic heterocycles. The summed E-state index contributed by atoms with van der Waals surface area (Å²) in [5.74, 6) is 5.85. The third-order valence-corrected chi connectivity index (χ3v) is 10.2. The Labute approximate surface area is 170 Å². The molecule has 0 aromatic rings. The number of aliphatic hydroxyl groups excluding tert-OH is 1. The molecule has 0 radical (unpaired) electrons. The molecular weight excluding hydrogens is 328 g/mol. The van der Waals surface area contributed by atoms with Crippen LogP contribution in [0.1, 0.15) is 112 Å². The Morgan fingerprint density at radius 2 is 1.59 bits per heavy atom. The van der Waals surface area contributed by atoms with Crippen LogP contribution in [0.2, 0.25) is 0 Å². The molecule has 1 N–H and O–H groups in total. The van der Waals surface area contributed by atoms with Crippen molar-refractivity contribution < 1.29 is 5.11 Å². The third kappa shape index (κ3) is 3.64. The lowest BCUT2D eigenvalue weighted by Crippen LogP contribution is -2.53. The average molecular weight is 377 g/mol. The first-order chi connectivity index (χ1) is 13.0. The summed E-state index contributed by atoms with van der Waals surface area (Å²) in [6, 6.07) is 0. The fraction of sp³-hybridized carbons (Fsp3) is 1.00. The molecule has 27 heavy (non-hydrogen) atoms. The Balaban J connectivity index is 0.00000102. The molecule has 1 nitrogen and oxygen atoms in total. The number of hydrogen-bond acceptors (Lipinski definition) is 1. The van der Waals surface area contributed by atoms with E-state index in [4.69, 9.17) is 0 Å². The van der Waals surface area contributed by atoms with Gasteiger partial charge in [0.1, 0.15) is 0 Å². The van der Waals surface area contributed by atoms with E-state index in [1.54, 1.807) is 6.42 Å². The van der Waals surface area contributed by atoms with Crippen LogP contribution < -0.4 is 0 Å². The highest BCUT2D eigenvalue weighted by Crippen LogP contribution is 2.68. The van der Waals surface area contributed by atoms with Gasteiger partial charge in [0.05, 0.1) is 0 Å². The lowest BCUT2D eigenvalue weighted by Gasteiger charge is -2.61. The van der Waals surface area contributed by atoms with E-state index in [0.29, 0.717) is 17.4 Å². The highest BCUT2D eigenvalue weighted by Gasteiger charge is 2.59. The van der Waals surface area contributed by atoms with Gasteiger partial charge >= 0.3 is 0 Å². The van der Waals surface area contributed by atoms with Crippen molar-refractivity contribution in [1.82, 2.24) is 0 Å². The van der Waals surface area contributed by atoms with Crippen LogP contribution in [-0.4, -0.2) is 11.7 Å². The largest absolute Gasteiger partial charge is 0.396 e. The van der Waals surface area contributed by atoms with Crippen molar-refractivity contribution in [3.05, 3.63) is 0 Å².